The summed E-state index contributed by atoms with van der Waals surface area (Å²) in [5, 5.41) is 1.03. The van der Waals surface area contributed by atoms with Crippen LogP contribution in [0.3, 0.4) is 0 Å². The van der Waals surface area contributed by atoms with Gasteiger partial charge >= 0.3 is 0 Å². The van der Waals surface area contributed by atoms with Crippen LogP contribution in [0.5, 0.6) is 5.75 Å². The van der Waals surface area contributed by atoms with E-state index in [1.54, 1.807) is 0 Å². The van der Waals surface area contributed by atoms with Crippen LogP contribution in [0.4, 0.5) is 0 Å². The van der Waals surface area contributed by atoms with Crippen molar-refractivity contribution in [2.24, 2.45) is 5.41 Å². The largest absolute Gasteiger partial charge is 0.492 e. The number of likely N-dealkylation sites (tertiary alicyclic amines) is 1. The molecular weight excluding hydrogens is 446 g/mol. The first-order valence-corrected chi connectivity index (χ1v) is 14.0. The average molecular weight is 488 g/mol. The van der Waals surface area contributed by atoms with Crippen LogP contribution in [0, 0.1) is 5.41 Å². The summed E-state index contributed by atoms with van der Waals surface area (Å²) >= 11 is 0. The van der Waals surface area contributed by atoms with Gasteiger partial charge in [0.15, 0.2) is 0 Å². The minimum absolute atomic E-state index is 0.177. The van der Waals surface area contributed by atoms with Gasteiger partial charge in [-0.15, -0.1) is 0 Å². The monoisotopic (exact) mass is 487 g/mol. The number of nitrogens with one attached hydrogen (secondary N) is 1. The number of piperidine rings is 1. The van der Waals surface area contributed by atoms with Gasteiger partial charge in [0.2, 0.25) is 0 Å². The molecule has 36 heavy (non-hydrogen) atoms. The predicted octanol–water partition coefficient (Wildman–Crippen LogP) is 6.30. The maximum absolute atomic E-state index is 13.5. The van der Waals surface area contributed by atoms with Crippen molar-refractivity contribution in [2.45, 2.75) is 58.3 Å². The van der Waals surface area contributed by atoms with Crippen LogP contribution in [0.1, 0.15) is 67.8 Å². The van der Waals surface area contributed by atoms with Crippen molar-refractivity contribution >= 4 is 16.8 Å². The first-order valence-electron chi connectivity index (χ1n) is 14.0. The van der Waals surface area contributed by atoms with Crippen molar-refractivity contribution in [2.75, 3.05) is 39.3 Å². The molecular formula is C31H41N3O2. The zero-order valence-corrected chi connectivity index (χ0v) is 21.8. The van der Waals surface area contributed by atoms with E-state index in [4.69, 9.17) is 4.74 Å². The zero-order chi connectivity index (χ0) is 24.8. The number of aryl methyl sites for hydroxylation is 1. The van der Waals surface area contributed by atoms with Crippen LogP contribution in [0.15, 0.2) is 54.7 Å². The Labute approximate surface area is 215 Å². The molecule has 2 aliphatic heterocycles. The van der Waals surface area contributed by atoms with Crippen LogP contribution in [0.25, 0.3) is 10.9 Å². The highest BCUT2D eigenvalue weighted by atomic mass is 16.5. The summed E-state index contributed by atoms with van der Waals surface area (Å²) in [6.45, 7) is 7.92. The molecule has 0 bridgehead atoms. The molecule has 0 aliphatic carbocycles. The molecule has 192 valence electrons. The second-order valence-electron chi connectivity index (χ2n) is 10.8. The number of amides is 1. The molecule has 5 heteroatoms. The van der Waals surface area contributed by atoms with Crippen molar-refractivity contribution in [3.8, 4) is 5.75 Å². The third-order valence-electron chi connectivity index (χ3n) is 8.36. The fraction of sp³-hybridized carbons (Fsp3) is 0.516. The first kappa shape index (κ1) is 24.9. The molecule has 2 aliphatic rings. The molecule has 5 rings (SSSR count). The van der Waals surface area contributed by atoms with Gasteiger partial charge in [-0.1, -0.05) is 44.0 Å². The van der Waals surface area contributed by atoms with Gasteiger partial charge in [0, 0.05) is 48.8 Å². The topological polar surface area (TPSA) is 48.6 Å². The lowest BCUT2D eigenvalue weighted by Crippen LogP contribution is -2.49. The van der Waals surface area contributed by atoms with Gasteiger partial charge in [0.1, 0.15) is 12.4 Å². The minimum atomic E-state index is 0.177. The third kappa shape index (κ3) is 5.62. The van der Waals surface area contributed by atoms with Gasteiger partial charge in [0.25, 0.3) is 5.91 Å². The number of rotatable bonds is 4. The number of hydrogen-bond donors (Lipinski definition) is 1. The van der Waals surface area contributed by atoms with Gasteiger partial charge in [-0.25, -0.2) is 0 Å². The van der Waals surface area contributed by atoms with Gasteiger partial charge in [0.05, 0.1) is 0 Å². The standard InChI is InChI=1S/C31H41N3O2/c1-2-3-19-33-22-23-36-29-13-5-4-9-25(29)10-6-7-15-31(24-33)16-20-34(21-17-31)30(35)27-11-8-12-28-26(27)14-18-32-28/h4-5,8-9,11-14,18,32H,2-3,6-7,10,15-17,19-24H2,1H3. The number of aromatic amines is 1. The molecule has 1 saturated heterocycles. The van der Waals surface area contributed by atoms with Crippen molar-refractivity contribution in [3.63, 3.8) is 0 Å². The minimum Gasteiger partial charge on any atom is -0.492 e. The lowest BCUT2D eigenvalue weighted by molar-refractivity contribution is 0.0376. The lowest BCUT2D eigenvalue weighted by Gasteiger charge is -2.45. The highest BCUT2D eigenvalue weighted by Gasteiger charge is 2.37. The van der Waals surface area contributed by atoms with E-state index < -0.39 is 0 Å². The van der Waals surface area contributed by atoms with Crippen LogP contribution < -0.4 is 4.74 Å². The molecule has 0 unspecified atom stereocenters. The van der Waals surface area contributed by atoms with Gasteiger partial charge in [-0.05, 0) is 80.3 Å². The van der Waals surface area contributed by atoms with Crippen molar-refractivity contribution in [1.82, 2.24) is 14.8 Å². The summed E-state index contributed by atoms with van der Waals surface area (Å²) in [6.07, 6.45) is 11.3. The van der Waals surface area contributed by atoms with Gasteiger partial charge in [-0.2, -0.15) is 0 Å². The van der Waals surface area contributed by atoms with Crippen molar-refractivity contribution in [1.29, 1.82) is 0 Å². The smallest absolute Gasteiger partial charge is 0.254 e. The van der Waals surface area contributed by atoms with Crippen LogP contribution in [0.2, 0.25) is 0 Å². The molecule has 0 saturated carbocycles. The normalized spacial score (nSPS) is 19.3. The zero-order valence-electron chi connectivity index (χ0n) is 21.8. The molecule has 3 heterocycles. The van der Waals surface area contributed by atoms with E-state index in [-0.39, 0.29) is 11.3 Å². The Hall–Kier alpha value is -2.79. The molecule has 1 spiro atoms. The molecule has 0 radical (unpaired) electrons. The molecule has 2 aromatic carbocycles. The number of para-hydroxylation sites is 1. The molecule has 0 atom stereocenters. The van der Waals surface area contributed by atoms with Crippen LogP contribution >= 0.6 is 0 Å². The lowest BCUT2D eigenvalue weighted by atomic mass is 9.73. The fourth-order valence-corrected chi connectivity index (χ4v) is 6.19. The predicted molar refractivity (Wildman–Crippen MR) is 147 cm³/mol. The first-order chi connectivity index (χ1) is 17.7. The van der Waals surface area contributed by atoms with E-state index in [9.17, 15) is 4.79 Å². The average Bonchev–Trinajstić information content (AvgIpc) is 3.39. The van der Waals surface area contributed by atoms with E-state index in [2.05, 4.69) is 46.0 Å². The van der Waals surface area contributed by atoms with Crippen LogP contribution in [-0.4, -0.2) is 60.0 Å². The number of carbonyl (C=O) groups is 1. The summed E-state index contributed by atoms with van der Waals surface area (Å²) in [5.74, 6) is 1.24. The number of carbonyl (C=O) groups excluding carboxylic acids is 1. The van der Waals surface area contributed by atoms with Gasteiger partial charge in [-0.3, -0.25) is 9.69 Å². The molecule has 1 aromatic heterocycles. The number of nitrogens with zero attached hydrogens (tertiary/aromatic N) is 2. The van der Waals surface area contributed by atoms with E-state index in [0.717, 1.165) is 80.8 Å². The Bertz CT molecular complexity index is 1150. The molecule has 1 N–H and O–H groups in total. The van der Waals surface area contributed by atoms with E-state index in [1.165, 1.54) is 37.7 Å². The Morgan fingerprint density at radius 2 is 1.86 bits per heavy atom. The van der Waals surface area contributed by atoms with Crippen molar-refractivity contribution in [3.05, 3.63) is 65.9 Å². The van der Waals surface area contributed by atoms with E-state index in [0.29, 0.717) is 0 Å². The second kappa shape index (κ2) is 11.5. The number of aromatic nitrogens is 1. The highest BCUT2D eigenvalue weighted by molar-refractivity contribution is 6.06. The fourth-order valence-electron chi connectivity index (χ4n) is 6.19. The summed E-state index contributed by atoms with van der Waals surface area (Å²) < 4.78 is 6.28. The highest BCUT2D eigenvalue weighted by Crippen LogP contribution is 2.39. The summed E-state index contributed by atoms with van der Waals surface area (Å²) in [7, 11) is 0. The Balaban J connectivity index is 1.29. The Morgan fingerprint density at radius 1 is 1.00 bits per heavy atom. The van der Waals surface area contributed by atoms with Crippen LogP contribution in [-0.2, 0) is 6.42 Å². The second-order valence-corrected chi connectivity index (χ2v) is 10.8. The van der Waals surface area contributed by atoms with E-state index >= 15 is 0 Å². The summed E-state index contributed by atoms with van der Waals surface area (Å²) in [5.41, 5.74) is 3.47. The Morgan fingerprint density at radius 3 is 2.72 bits per heavy atom. The number of H-pyrrole nitrogens is 1. The number of unbranched alkanes of at least 4 members (excludes halogenated alkanes) is 1. The maximum Gasteiger partial charge on any atom is 0.254 e. The maximum atomic E-state index is 13.5. The van der Waals surface area contributed by atoms with E-state index in [1.807, 2.05) is 30.5 Å². The number of ether oxygens (including phenoxy) is 1. The molecule has 5 nitrogen and oxygen atoms in total. The molecule has 1 fully saturated rings. The summed E-state index contributed by atoms with van der Waals surface area (Å²) in [4.78, 5) is 21.5. The van der Waals surface area contributed by atoms with Gasteiger partial charge < -0.3 is 14.6 Å². The quantitative estimate of drug-likeness (QED) is 0.470. The Kier molecular flexibility index (Phi) is 7.96. The SMILES string of the molecule is CCCCN1CCOc2ccccc2CCCCC2(CCN(C(=O)c3cccc4[nH]ccc34)CC2)C1. The molecule has 1 amide bonds. The molecule has 3 aromatic rings. The summed E-state index contributed by atoms with van der Waals surface area (Å²) in [6, 6.07) is 16.6. The number of benzene rings is 2. The third-order valence-corrected chi connectivity index (χ3v) is 8.36. The number of hydrogen-bond acceptors (Lipinski definition) is 3. The number of fused-ring (bicyclic) bond motifs is 2. The van der Waals surface area contributed by atoms with Crippen molar-refractivity contribution < 1.29 is 9.53 Å².